The van der Waals surface area contributed by atoms with Crippen molar-refractivity contribution in [3.63, 3.8) is 0 Å². The molecule has 0 saturated heterocycles. The summed E-state index contributed by atoms with van der Waals surface area (Å²) in [6.45, 7) is 1.61. The Morgan fingerprint density at radius 1 is 1.25 bits per heavy atom. The van der Waals surface area contributed by atoms with Gasteiger partial charge in [-0.3, -0.25) is 10.1 Å². The first-order valence-corrected chi connectivity index (χ1v) is 7.35. The number of nitro groups is 1. The number of esters is 1. The number of carbonyl (C=O) groups excluding carboxylic acids is 1. The van der Waals surface area contributed by atoms with Crippen LogP contribution in [0.2, 0.25) is 5.02 Å². The lowest BCUT2D eigenvalue weighted by Gasteiger charge is -2.01. The molecule has 0 atom stereocenters. The van der Waals surface area contributed by atoms with Crippen LogP contribution in [-0.4, -0.2) is 16.8 Å². The maximum Gasteiger partial charge on any atom is 0.363 e. The molecule has 0 unspecified atom stereocenters. The summed E-state index contributed by atoms with van der Waals surface area (Å²) in [7, 11) is 0. The molecule has 0 saturated carbocycles. The Hall–Kier alpha value is -2.99. The number of hydrogen-bond acceptors (Lipinski definition) is 5. The summed E-state index contributed by atoms with van der Waals surface area (Å²) in [5.41, 5.74) is 1.82. The molecule has 0 aliphatic carbocycles. The second kappa shape index (κ2) is 6.25. The second-order valence-corrected chi connectivity index (χ2v) is 5.59. The van der Waals surface area contributed by atoms with Gasteiger partial charge in [-0.05, 0) is 42.8 Å². The molecule has 24 heavy (non-hydrogen) atoms. The second-order valence-electron chi connectivity index (χ2n) is 5.15. The standard InChI is InChI=1S/C17H11ClN2O4/c1-10-7-12(5-6-15(10)20(22)23)16-19-14(17(21)24-16)9-11-3-2-4-13(18)8-11/h2-9H,1H3/b14-9-. The van der Waals surface area contributed by atoms with E-state index in [2.05, 4.69) is 4.99 Å². The zero-order valence-electron chi connectivity index (χ0n) is 12.5. The summed E-state index contributed by atoms with van der Waals surface area (Å²) in [4.78, 5) is 26.5. The Kier molecular flexibility index (Phi) is 4.14. The van der Waals surface area contributed by atoms with Gasteiger partial charge in [0.1, 0.15) is 0 Å². The quantitative estimate of drug-likeness (QED) is 0.366. The van der Waals surface area contributed by atoms with Gasteiger partial charge < -0.3 is 4.74 Å². The molecule has 1 heterocycles. The Balaban J connectivity index is 1.95. The molecular formula is C17H11ClN2O4. The number of carbonyl (C=O) groups is 1. The number of nitrogens with zero attached hydrogens (tertiary/aromatic N) is 2. The number of nitro benzene ring substituents is 1. The first kappa shape index (κ1) is 15.9. The average Bonchev–Trinajstić information content (AvgIpc) is 2.88. The third-order valence-electron chi connectivity index (χ3n) is 3.41. The molecule has 0 radical (unpaired) electrons. The van der Waals surface area contributed by atoms with Gasteiger partial charge in [0.25, 0.3) is 5.69 Å². The van der Waals surface area contributed by atoms with E-state index in [0.29, 0.717) is 16.1 Å². The van der Waals surface area contributed by atoms with E-state index >= 15 is 0 Å². The Morgan fingerprint density at radius 2 is 2.04 bits per heavy atom. The van der Waals surface area contributed by atoms with Gasteiger partial charge >= 0.3 is 5.97 Å². The maximum atomic E-state index is 12.0. The molecule has 0 fully saturated rings. The van der Waals surface area contributed by atoms with Gasteiger partial charge in [-0.15, -0.1) is 0 Å². The molecule has 0 N–H and O–H groups in total. The fourth-order valence-electron chi connectivity index (χ4n) is 2.28. The van der Waals surface area contributed by atoms with Crippen LogP contribution in [0.15, 0.2) is 53.2 Å². The highest BCUT2D eigenvalue weighted by Crippen LogP contribution is 2.24. The predicted molar refractivity (Wildman–Crippen MR) is 89.9 cm³/mol. The van der Waals surface area contributed by atoms with Crippen molar-refractivity contribution in [2.24, 2.45) is 4.99 Å². The van der Waals surface area contributed by atoms with Crippen LogP contribution >= 0.6 is 11.6 Å². The van der Waals surface area contributed by atoms with Crippen LogP contribution in [0.5, 0.6) is 0 Å². The van der Waals surface area contributed by atoms with Crippen LogP contribution in [0.4, 0.5) is 5.69 Å². The summed E-state index contributed by atoms with van der Waals surface area (Å²) in [5, 5.41) is 11.4. The van der Waals surface area contributed by atoms with Crippen molar-refractivity contribution in [3.05, 3.63) is 80.0 Å². The average molecular weight is 343 g/mol. The lowest BCUT2D eigenvalue weighted by molar-refractivity contribution is -0.385. The van der Waals surface area contributed by atoms with Gasteiger partial charge in [0, 0.05) is 22.2 Å². The first-order valence-electron chi connectivity index (χ1n) is 6.97. The van der Waals surface area contributed by atoms with Gasteiger partial charge in [-0.1, -0.05) is 23.7 Å². The summed E-state index contributed by atoms with van der Waals surface area (Å²) >= 11 is 5.91. The van der Waals surface area contributed by atoms with E-state index in [1.165, 1.54) is 12.1 Å². The van der Waals surface area contributed by atoms with Crippen molar-refractivity contribution in [3.8, 4) is 0 Å². The van der Waals surface area contributed by atoms with Crippen molar-refractivity contribution in [1.29, 1.82) is 0 Å². The molecule has 120 valence electrons. The fraction of sp³-hybridized carbons (Fsp3) is 0.0588. The normalized spacial score (nSPS) is 15.3. The van der Waals surface area contributed by atoms with Crippen molar-refractivity contribution in [1.82, 2.24) is 0 Å². The minimum Gasteiger partial charge on any atom is -0.402 e. The number of hydrogen-bond donors (Lipinski definition) is 0. The molecular weight excluding hydrogens is 332 g/mol. The van der Waals surface area contributed by atoms with Crippen LogP contribution in [0.25, 0.3) is 6.08 Å². The number of benzene rings is 2. The topological polar surface area (TPSA) is 81.8 Å². The van der Waals surface area contributed by atoms with E-state index in [0.717, 1.165) is 5.56 Å². The van der Waals surface area contributed by atoms with E-state index in [4.69, 9.17) is 16.3 Å². The summed E-state index contributed by atoms with van der Waals surface area (Å²) in [6, 6.07) is 11.4. The van der Waals surface area contributed by atoms with Gasteiger partial charge in [0.05, 0.1) is 4.92 Å². The predicted octanol–water partition coefficient (Wildman–Crippen LogP) is 3.90. The van der Waals surface area contributed by atoms with E-state index in [9.17, 15) is 14.9 Å². The van der Waals surface area contributed by atoms with Crippen LogP contribution in [0, 0.1) is 17.0 Å². The Bertz CT molecular complexity index is 919. The number of cyclic esters (lactones) is 1. The zero-order chi connectivity index (χ0) is 17.3. The fourth-order valence-corrected chi connectivity index (χ4v) is 2.48. The number of rotatable bonds is 3. The Morgan fingerprint density at radius 3 is 2.71 bits per heavy atom. The number of aryl methyl sites for hydroxylation is 1. The molecule has 0 bridgehead atoms. The van der Waals surface area contributed by atoms with Gasteiger partial charge in [0.15, 0.2) is 5.70 Å². The van der Waals surface area contributed by atoms with Crippen LogP contribution in [0.1, 0.15) is 16.7 Å². The largest absolute Gasteiger partial charge is 0.402 e. The monoisotopic (exact) mass is 342 g/mol. The van der Waals surface area contributed by atoms with Gasteiger partial charge in [0.2, 0.25) is 5.90 Å². The summed E-state index contributed by atoms with van der Waals surface area (Å²) < 4.78 is 5.16. The Labute approximate surface area is 142 Å². The third kappa shape index (κ3) is 3.18. The highest BCUT2D eigenvalue weighted by Gasteiger charge is 2.25. The van der Waals surface area contributed by atoms with Crippen molar-refractivity contribution >= 4 is 35.2 Å². The van der Waals surface area contributed by atoms with E-state index in [1.54, 1.807) is 43.3 Å². The molecule has 2 aromatic rings. The van der Waals surface area contributed by atoms with Crippen molar-refractivity contribution < 1.29 is 14.5 Å². The lowest BCUT2D eigenvalue weighted by Crippen LogP contribution is -2.06. The lowest BCUT2D eigenvalue weighted by atomic mass is 10.1. The number of halogens is 1. The summed E-state index contributed by atoms with van der Waals surface area (Å²) in [6.07, 6.45) is 1.57. The summed E-state index contributed by atoms with van der Waals surface area (Å²) in [5.74, 6) is -0.466. The number of ether oxygens (including phenoxy) is 1. The van der Waals surface area contributed by atoms with Crippen LogP contribution < -0.4 is 0 Å². The SMILES string of the molecule is Cc1cc(C2=N/C(=C\c3cccc(Cl)c3)C(=O)O2)ccc1[N+](=O)[O-]. The first-order chi connectivity index (χ1) is 11.4. The molecule has 1 aliphatic heterocycles. The van der Waals surface area contributed by atoms with Gasteiger partial charge in [-0.2, -0.15) is 0 Å². The van der Waals surface area contributed by atoms with E-state index in [-0.39, 0.29) is 17.3 Å². The van der Waals surface area contributed by atoms with Crippen LogP contribution in [-0.2, 0) is 9.53 Å². The number of aliphatic imine (C=N–C) groups is 1. The zero-order valence-corrected chi connectivity index (χ0v) is 13.3. The van der Waals surface area contributed by atoms with E-state index < -0.39 is 10.9 Å². The molecule has 7 heteroatoms. The molecule has 0 aromatic heterocycles. The smallest absolute Gasteiger partial charge is 0.363 e. The molecule has 1 aliphatic rings. The van der Waals surface area contributed by atoms with E-state index in [1.807, 2.05) is 0 Å². The molecule has 0 amide bonds. The van der Waals surface area contributed by atoms with Crippen molar-refractivity contribution in [2.75, 3.05) is 0 Å². The molecule has 6 nitrogen and oxygen atoms in total. The van der Waals surface area contributed by atoms with Crippen molar-refractivity contribution in [2.45, 2.75) is 6.92 Å². The van der Waals surface area contributed by atoms with Gasteiger partial charge in [-0.25, -0.2) is 9.79 Å². The molecule has 0 spiro atoms. The molecule has 2 aromatic carbocycles. The van der Waals surface area contributed by atoms with Crippen LogP contribution in [0.3, 0.4) is 0 Å². The third-order valence-corrected chi connectivity index (χ3v) is 3.65. The highest BCUT2D eigenvalue weighted by atomic mass is 35.5. The minimum atomic E-state index is -0.582. The highest BCUT2D eigenvalue weighted by molar-refractivity contribution is 6.30. The molecule has 3 rings (SSSR count). The maximum absolute atomic E-state index is 12.0. The minimum absolute atomic E-state index is 0.00151.